The Morgan fingerprint density at radius 1 is 0.714 bits per heavy atom. The maximum Gasteiger partial charge on any atom is 0.262 e. The molecule has 0 fully saturated rings. The lowest BCUT2D eigenvalue weighted by Gasteiger charge is -2.08. The molecule has 0 aliphatic carbocycles. The minimum absolute atomic E-state index is 0.0180. The van der Waals surface area contributed by atoms with E-state index in [1.807, 2.05) is 72.9 Å². The lowest BCUT2D eigenvalue weighted by Crippen LogP contribution is -2.15. The Kier molecular flexibility index (Phi) is 2.61. The van der Waals surface area contributed by atoms with Gasteiger partial charge in [-0.2, -0.15) is 0 Å². The van der Waals surface area contributed by atoms with Gasteiger partial charge in [0.2, 0.25) is 0 Å². The molecule has 0 saturated carbocycles. The fraction of sp³-hybridized carbons (Fsp3) is 0. The van der Waals surface area contributed by atoms with Crippen molar-refractivity contribution in [3.8, 4) is 11.1 Å². The molecule has 0 radical (unpaired) electrons. The van der Waals surface area contributed by atoms with E-state index in [1.165, 1.54) is 0 Å². The van der Waals surface area contributed by atoms with E-state index >= 15 is 0 Å². The Labute approximate surface area is 121 Å². The summed E-state index contributed by atoms with van der Waals surface area (Å²) >= 11 is 0. The molecule has 4 rings (SSSR count). The van der Waals surface area contributed by atoms with Gasteiger partial charge < -0.3 is 0 Å². The van der Waals surface area contributed by atoms with Crippen molar-refractivity contribution in [3.05, 3.63) is 89.3 Å². The molecule has 2 heterocycles. The molecule has 2 aromatic heterocycles. The van der Waals surface area contributed by atoms with E-state index in [0.29, 0.717) is 0 Å². The topological polar surface area (TPSA) is 21.5 Å². The summed E-state index contributed by atoms with van der Waals surface area (Å²) < 4.78 is 1.73. The lowest BCUT2D eigenvalue weighted by atomic mass is 10.1. The molecule has 0 aliphatic heterocycles. The van der Waals surface area contributed by atoms with Crippen LogP contribution in [0.15, 0.2) is 83.8 Å². The van der Waals surface area contributed by atoms with Crippen molar-refractivity contribution < 1.29 is 0 Å². The average Bonchev–Trinajstić information content (AvgIpc) is 2.56. The Morgan fingerprint density at radius 3 is 2.33 bits per heavy atom. The first-order valence-electron chi connectivity index (χ1n) is 6.93. The lowest BCUT2D eigenvalue weighted by molar-refractivity contribution is 1.11. The summed E-state index contributed by atoms with van der Waals surface area (Å²) in [7, 11) is 0. The molecular weight excluding hydrogens is 258 g/mol. The molecule has 2 aromatic carbocycles. The minimum atomic E-state index is 0.0180. The van der Waals surface area contributed by atoms with Gasteiger partial charge in [0.25, 0.3) is 5.56 Å². The Balaban J connectivity index is 2.09. The maximum absolute atomic E-state index is 12.7. The first-order valence-corrected chi connectivity index (χ1v) is 6.93. The Hall–Kier alpha value is -2.87. The summed E-state index contributed by atoms with van der Waals surface area (Å²) in [6.45, 7) is 0. The zero-order valence-corrected chi connectivity index (χ0v) is 11.4. The molecule has 0 bridgehead atoms. The zero-order valence-electron chi connectivity index (χ0n) is 11.4. The molecule has 0 aliphatic rings. The van der Waals surface area contributed by atoms with Crippen LogP contribution < -0.4 is 5.56 Å². The van der Waals surface area contributed by atoms with Crippen LogP contribution >= 0.6 is 0 Å². The summed E-state index contributed by atoms with van der Waals surface area (Å²) in [6, 6.07) is 23.8. The van der Waals surface area contributed by atoms with Crippen LogP contribution in [0.25, 0.3) is 27.4 Å². The predicted molar refractivity (Wildman–Crippen MR) is 86.6 cm³/mol. The summed E-state index contributed by atoms with van der Waals surface area (Å²) in [5.41, 5.74) is 2.63. The third-order valence-electron chi connectivity index (χ3n) is 3.84. The Morgan fingerprint density at radius 2 is 1.48 bits per heavy atom. The van der Waals surface area contributed by atoms with Crippen LogP contribution in [-0.2, 0) is 0 Å². The third-order valence-corrected chi connectivity index (χ3v) is 3.84. The SMILES string of the molecule is O=c1c(-c2ccccc2)ccc2c3ccccc3ccn12. The van der Waals surface area contributed by atoms with E-state index in [0.717, 1.165) is 27.4 Å². The molecule has 21 heavy (non-hydrogen) atoms. The van der Waals surface area contributed by atoms with Gasteiger partial charge in [-0.1, -0.05) is 54.6 Å². The van der Waals surface area contributed by atoms with E-state index < -0.39 is 0 Å². The molecule has 0 unspecified atom stereocenters. The monoisotopic (exact) mass is 271 g/mol. The molecule has 0 spiro atoms. The number of nitrogens with zero attached hydrogens (tertiary/aromatic N) is 1. The maximum atomic E-state index is 12.7. The minimum Gasteiger partial charge on any atom is -0.283 e. The highest BCUT2D eigenvalue weighted by atomic mass is 16.1. The second-order valence-electron chi connectivity index (χ2n) is 5.08. The van der Waals surface area contributed by atoms with Gasteiger partial charge in [-0.15, -0.1) is 0 Å². The summed E-state index contributed by atoms with van der Waals surface area (Å²) in [5.74, 6) is 0. The van der Waals surface area contributed by atoms with Gasteiger partial charge in [-0.3, -0.25) is 9.20 Å². The first kappa shape index (κ1) is 11.9. The molecular formula is C19H13NO. The van der Waals surface area contributed by atoms with Crippen molar-refractivity contribution in [2.45, 2.75) is 0 Å². The van der Waals surface area contributed by atoms with Crippen LogP contribution in [0.1, 0.15) is 0 Å². The van der Waals surface area contributed by atoms with Crippen LogP contribution in [0.4, 0.5) is 0 Å². The number of benzene rings is 2. The van der Waals surface area contributed by atoms with Gasteiger partial charge in [0.05, 0.1) is 5.52 Å². The fourth-order valence-corrected chi connectivity index (χ4v) is 2.79. The number of pyridine rings is 2. The summed E-state index contributed by atoms with van der Waals surface area (Å²) in [5, 5.41) is 2.24. The van der Waals surface area contributed by atoms with Crippen LogP contribution in [-0.4, -0.2) is 4.40 Å². The van der Waals surface area contributed by atoms with Crippen molar-refractivity contribution >= 4 is 16.3 Å². The van der Waals surface area contributed by atoms with Crippen molar-refractivity contribution in [1.82, 2.24) is 4.40 Å². The van der Waals surface area contributed by atoms with Crippen LogP contribution in [0.2, 0.25) is 0 Å². The van der Waals surface area contributed by atoms with Crippen LogP contribution in [0, 0.1) is 0 Å². The van der Waals surface area contributed by atoms with Crippen molar-refractivity contribution in [2.75, 3.05) is 0 Å². The van der Waals surface area contributed by atoms with Gasteiger partial charge in [-0.05, 0) is 29.1 Å². The molecule has 0 atom stereocenters. The molecule has 4 aromatic rings. The summed E-state index contributed by atoms with van der Waals surface area (Å²) in [6.07, 6.45) is 1.85. The standard InChI is InChI=1S/C19H13NO/c21-19-17(14-6-2-1-3-7-14)10-11-18-16-9-5-4-8-15(16)12-13-20(18)19/h1-13H. The molecule has 2 nitrogen and oxygen atoms in total. The zero-order chi connectivity index (χ0) is 14.2. The van der Waals surface area contributed by atoms with Crippen LogP contribution in [0.3, 0.4) is 0 Å². The highest BCUT2D eigenvalue weighted by Crippen LogP contribution is 2.21. The molecule has 0 saturated heterocycles. The molecule has 100 valence electrons. The predicted octanol–water partition coefficient (Wildman–Crippen LogP) is 4.12. The van der Waals surface area contributed by atoms with E-state index in [1.54, 1.807) is 4.40 Å². The molecule has 0 N–H and O–H groups in total. The molecule has 2 heteroatoms. The summed E-state index contributed by atoms with van der Waals surface area (Å²) in [4.78, 5) is 12.7. The van der Waals surface area contributed by atoms with Crippen molar-refractivity contribution in [3.63, 3.8) is 0 Å². The number of fused-ring (bicyclic) bond motifs is 3. The molecule has 0 amide bonds. The normalized spacial score (nSPS) is 11.0. The van der Waals surface area contributed by atoms with Gasteiger partial charge in [-0.25, -0.2) is 0 Å². The highest BCUT2D eigenvalue weighted by Gasteiger charge is 2.07. The van der Waals surface area contributed by atoms with Crippen molar-refractivity contribution in [2.24, 2.45) is 0 Å². The van der Waals surface area contributed by atoms with Gasteiger partial charge in [0, 0.05) is 17.1 Å². The van der Waals surface area contributed by atoms with E-state index in [-0.39, 0.29) is 5.56 Å². The van der Waals surface area contributed by atoms with E-state index in [9.17, 15) is 4.79 Å². The van der Waals surface area contributed by atoms with E-state index in [4.69, 9.17) is 0 Å². The second-order valence-corrected chi connectivity index (χ2v) is 5.08. The Bertz CT molecular complexity index is 1000. The second kappa shape index (κ2) is 4.60. The number of rotatable bonds is 1. The van der Waals surface area contributed by atoms with Gasteiger partial charge >= 0.3 is 0 Å². The van der Waals surface area contributed by atoms with Gasteiger partial charge in [0.15, 0.2) is 0 Å². The quantitative estimate of drug-likeness (QED) is 0.477. The van der Waals surface area contributed by atoms with Crippen LogP contribution in [0.5, 0.6) is 0 Å². The third kappa shape index (κ3) is 1.84. The number of hydrogen-bond donors (Lipinski definition) is 0. The largest absolute Gasteiger partial charge is 0.283 e. The van der Waals surface area contributed by atoms with Crippen molar-refractivity contribution in [1.29, 1.82) is 0 Å². The average molecular weight is 271 g/mol. The van der Waals surface area contributed by atoms with E-state index in [2.05, 4.69) is 6.07 Å². The first-order chi connectivity index (χ1) is 10.3. The number of aromatic nitrogens is 1. The number of hydrogen-bond acceptors (Lipinski definition) is 1. The highest BCUT2D eigenvalue weighted by molar-refractivity contribution is 5.96. The fourth-order valence-electron chi connectivity index (χ4n) is 2.79. The van der Waals surface area contributed by atoms with Gasteiger partial charge in [0.1, 0.15) is 0 Å². The smallest absolute Gasteiger partial charge is 0.262 e.